The summed E-state index contributed by atoms with van der Waals surface area (Å²) in [5, 5.41) is 16.9. The molecular formula is C14H21N3O3S. The lowest BCUT2D eigenvalue weighted by molar-refractivity contribution is -0.384. The predicted molar refractivity (Wildman–Crippen MR) is 87.2 cm³/mol. The number of anilines is 1. The standard InChI is InChI=1S/C14H21N3O3S/c1-4-15-13-11(6-5-7-12(13)17(19)20)14(18)16-10(2)8-9-21-3/h5-7,10,15H,4,8-9H2,1-3H3,(H,16,18). The average Bonchev–Trinajstić information content (AvgIpc) is 2.45. The van der Waals surface area contributed by atoms with E-state index < -0.39 is 4.92 Å². The van der Waals surface area contributed by atoms with Crippen LogP contribution in [-0.4, -0.2) is 35.4 Å². The molecule has 1 atom stereocenters. The third kappa shape index (κ3) is 4.93. The third-order valence-electron chi connectivity index (χ3n) is 2.97. The highest BCUT2D eigenvalue weighted by Crippen LogP contribution is 2.28. The van der Waals surface area contributed by atoms with Gasteiger partial charge < -0.3 is 10.6 Å². The fourth-order valence-corrected chi connectivity index (χ4v) is 2.50. The molecule has 1 aromatic rings. The molecule has 7 heteroatoms. The number of nitrogens with one attached hydrogen (secondary N) is 2. The Morgan fingerprint density at radius 2 is 2.19 bits per heavy atom. The number of nitro benzene ring substituents is 1. The van der Waals surface area contributed by atoms with Crippen LogP contribution in [0.1, 0.15) is 30.6 Å². The van der Waals surface area contributed by atoms with Crippen molar-refractivity contribution in [1.29, 1.82) is 0 Å². The van der Waals surface area contributed by atoms with Gasteiger partial charge in [-0.1, -0.05) is 6.07 Å². The molecule has 1 aromatic carbocycles. The molecule has 1 amide bonds. The van der Waals surface area contributed by atoms with Gasteiger partial charge in [-0.15, -0.1) is 0 Å². The molecule has 1 rings (SSSR count). The van der Waals surface area contributed by atoms with Crippen LogP contribution in [-0.2, 0) is 0 Å². The van der Waals surface area contributed by atoms with E-state index in [0.717, 1.165) is 12.2 Å². The van der Waals surface area contributed by atoms with E-state index in [1.807, 2.05) is 20.1 Å². The fraction of sp³-hybridized carbons (Fsp3) is 0.500. The van der Waals surface area contributed by atoms with Gasteiger partial charge >= 0.3 is 0 Å². The molecule has 0 aliphatic heterocycles. The number of nitrogens with zero attached hydrogens (tertiary/aromatic N) is 1. The minimum atomic E-state index is -0.480. The highest BCUT2D eigenvalue weighted by molar-refractivity contribution is 7.98. The fourth-order valence-electron chi connectivity index (χ4n) is 1.91. The van der Waals surface area contributed by atoms with Crippen LogP contribution in [0.15, 0.2) is 18.2 Å². The minimum absolute atomic E-state index is 0.0266. The molecule has 21 heavy (non-hydrogen) atoms. The Kier molecular flexibility index (Phi) is 7.01. The molecular weight excluding hydrogens is 290 g/mol. The number of amides is 1. The van der Waals surface area contributed by atoms with Gasteiger partial charge in [0, 0.05) is 18.7 Å². The minimum Gasteiger partial charge on any atom is -0.379 e. The second kappa shape index (κ2) is 8.51. The Morgan fingerprint density at radius 3 is 2.76 bits per heavy atom. The molecule has 0 heterocycles. The van der Waals surface area contributed by atoms with Crippen molar-refractivity contribution < 1.29 is 9.72 Å². The van der Waals surface area contributed by atoms with Crippen LogP contribution in [0.25, 0.3) is 0 Å². The van der Waals surface area contributed by atoms with Crippen LogP contribution in [0.3, 0.4) is 0 Å². The lowest BCUT2D eigenvalue weighted by atomic mass is 10.1. The molecule has 0 aliphatic carbocycles. The first-order chi connectivity index (χ1) is 10.0. The summed E-state index contributed by atoms with van der Waals surface area (Å²) >= 11 is 1.72. The predicted octanol–water partition coefficient (Wildman–Crippen LogP) is 2.90. The second-order valence-corrected chi connectivity index (χ2v) is 5.63. The SMILES string of the molecule is CCNc1c(C(=O)NC(C)CCSC)cccc1[N+](=O)[O-]. The van der Waals surface area contributed by atoms with Gasteiger partial charge in [-0.25, -0.2) is 0 Å². The van der Waals surface area contributed by atoms with Crippen molar-refractivity contribution >= 4 is 29.0 Å². The average molecular weight is 311 g/mol. The summed E-state index contributed by atoms with van der Waals surface area (Å²) in [6, 6.07) is 4.55. The zero-order valence-electron chi connectivity index (χ0n) is 12.5. The van der Waals surface area contributed by atoms with E-state index in [1.54, 1.807) is 17.8 Å². The van der Waals surface area contributed by atoms with Crippen molar-refractivity contribution in [2.75, 3.05) is 23.9 Å². The maximum atomic E-state index is 12.3. The number of rotatable bonds is 8. The van der Waals surface area contributed by atoms with Gasteiger partial charge in [-0.2, -0.15) is 11.8 Å². The number of para-hydroxylation sites is 1. The van der Waals surface area contributed by atoms with Crippen molar-refractivity contribution in [1.82, 2.24) is 5.32 Å². The first-order valence-electron chi connectivity index (χ1n) is 6.82. The Balaban J connectivity index is 2.97. The first kappa shape index (κ1) is 17.3. The van der Waals surface area contributed by atoms with E-state index in [2.05, 4.69) is 10.6 Å². The van der Waals surface area contributed by atoms with Crippen LogP contribution in [0.2, 0.25) is 0 Å². The largest absolute Gasteiger partial charge is 0.379 e. The normalized spacial score (nSPS) is 11.8. The van der Waals surface area contributed by atoms with Gasteiger partial charge in [0.05, 0.1) is 10.5 Å². The van der Waals surface area contributed by atoms with Crippen molar-refractivity contribution in [2.24, 2.45) is 0 Å². The molecule has 0 spiro atoms. The number of carbonyl (C=O) groups excluding carboxylic acids is 1. The quantitative estimate of drug-likeness (QED) is 0.569. The van der Waals surface area contributed by atoms with E-state index in [4.69, 9.17) is 0 Å². The van der Waals surface area contributed by atoms with Gasteiger partial charge in [0.2, 0.25) is 0 Å². The summed E-state index contributed by atoms with van der Waals surface area (Å²) in [5.74, 6) is 0.666. The van der Waals surface area contributed by atoms with Gasteiger partial charge in [-0.3, -0.25) is 14.9 Å². The van der Waals surface area contributed by atoms with Crippen LogP contribution >= 0.6 is 11.8 Å². The maximum Gasteiger partial charge on any atom is 0.293 e. The van der Waals surface area contributed by atoms with E-state index in [1.165, 1.54) is 12.1 Å². The zero-order chi connectivity index (χ0) is 15.8. The summed E-state index contributed by atoms with van der Waals surface area (Å²) in [6.07, 6.45) is 2.87. The molecule has 6 nitrogen and oxygen atoms in total. The number of thioether (sulfide) groups is 1. The summed E-state index contributed by atoms with van der Waals surface area (Å²) in [7, 11) is 0. The Hall–Kier alpha value is -1.76. The first-order valence-corrected chi connectivity index (χ1v) is 8.21. The third-order valence-corrected chi connectivity index (χ3v) is 3.61. The lowest BCUT2D eigenvalue weighted by Crippen LogP contribution is -2.33. The summed E-state index contributed by atoms with van der Waals surface area (Å²) < 4.78 is 0. The number of nitro groups is 1. The highest BCUT2D eigenvalue weighted by Gasteiger charge is 2.21. The van der Waals surface area contributed by atoms with Crippen molar-refractivity contribution in [3.8, 4) is 0 Å². The van der Waals surface area contributed by atoms with Gasteiger partial charge in [-0.05, 0) is 38.3 Å². The van der Waals surface area contributed by atoms with Gasteiger partial charge in [0.15, 0.2) is 0 Å². The smallest absolute Gasteiger partial charge is 0.293 e. The summed E-state index contributed by atoms with van der Waals surface area (Å²) in [4.78, 5) is 22.9. The zero-order valence-corrected chi connectivity index (χ0v) is 13.3. The molecule has 2 N–H and O–H groups in total. The summed E-state index contributed by atoms with van der Waals surface area (Å²) in [6.45, 7) is 4.27. The lowest BCUT2D eigenvalue weighted by Gasteiger charge is -2.15. The second-order valence-electron chi connectivity index (χ2n) is 4.64. The maximum absolute atomic E-state index is 12.3. The molecule has 0 aromatic heterocycles. The van der Waals surface area contributed by atoms with E-state index in [9.17, 15) is 14.9 Å². The Labute approximate surface area is 128 Å². The highest BCUT2D eigenvalue weighted by atomic mass is 32.2. The van der Waals surface area contributed by atoms with Gasteiger partial charge in [0.1, 0.15) is 5.69 Å². The monoisotopic (exact) mass is 311 g/mol. The molecule has 0 bridgehead atoms. The topological polar surface area (TPSA) is 84.3 Å². The van der Waals surface area contributed by atoms with E-state index in [0.29, 0.717) is 12.1 Å². The molecule has 0 saturated heterocycles. The van der Waals surface area contributed by atoms with Gasteiger partial charge in [0.25, 0.3) is 11.6 Å². The van der Waals surface area contributed by atoms with E-state index in [-0.39, 0.29) is 23.3 Å². The number of hydrogen-bond donors (Lipinski definition) is 2. The van der Waals surface area contributed by atoms with Crippen LogP contribution in [0.5, 0.6) is 0 Å². The number of carbonyl (C=O) groups is 1. The molecule has 116 valence electrons. The van der Waals surface area contributed by atoms with Crippen LogP contribution < -0.4 is 10.6 Å². The molecule has 0 aliphatic rings. The van der Waals surface area contributed by atoms with Crippen LogP contribution in [0, 0.1) is 10.1 Å². The molecule has 0 saturated carbocycles. The van der Waals surface area contributed by atoms with Crippen LogP contribution in [0.4, 0.5) is 11.4 Å². The number of hydrogen-bond acceptors (Lipinski definition) is 5. The molecule has 0 fully saturated rings. The number of benzene rings is 1. The van der Waals surface area contributed by atoms with Crippen molar-refractivity contribution in [3.05, 3.63) is 33.9 Å². The Bertz CT molecular complexity index is 508. The molecule has 1 unspecified atom stereocenters. The van der Waals surface area contributed by atoms with Crippen molar-refractivity contribution in [3.63, 3.8) is 0 Å². The van der Waals surface area contributed by atoms with Crippen molar-refractivity contribution in [2.45, 2.75) is 26.3 Å². The summed E-state index contributed by atoms with van der Waals surface area (Å²) in [5.41, 5.74) is 0.503. The van der Waals surface area contributed by atoms with E-state index >= 15 is 0 Å². The molecule has 0 radical (unpaired) electrons. The Morgan fingerprint density at radius 1 is 1.48 bits per heavy atom.